The predicted octanol–water partition coefficient (Wildman–Crippen LogP) is 4.48. The van der Waals surface area contributed by atoms with Gasteiger partial charge in [0, 0.05) is 29.0 Å². The van der Waals surface area contributed by atoms with Gasteiger partial charge in [-0.3, -0.25) is 0 Å². The van der Waals surface area contributed by atoms with E-state index in [-0.39, 0.29) is 0 Å². The number of rotatable bonds is 4. The minimum absolute atomic E-state index is 0.394. The summed E-state index contributed by atoms with van der Waals surface area (Å²) in [6, 6.07) is 17.5. The number of ether oxygens (including phenoxy) is 1. The van der Waals surface area contributed by atoms with E-state index in [1.54, 1.807) is 7.11 Å². The zero-order chi connectivity index (χ0) is 13.8. The van der Waals surface area contributed by atoms with Crippen molar-refractivity contribution in [2.24, 2.45) is 0 Å². The predicted molar refractivity (Wildman–Crippen MR) is 85.3 cm³/mol. The first-order valence-electron chi connectivity index (χ1n) is 6.93. The molecule has 1 aliphatic heterocycles. The van der Waals surface area contributed by atoms with Crippen LogP contribution in [0.15, 0.2) is 53.4 Å². The summed E-state index contributed by atoms with van der Waals surface area (Å²) in [6.45, 7) is 0.645. The minimum atomic E-state index is 0.394. The Balaban J connectivity index is 1.86. The maximum absolute atomic E-state index is 5.28. The van der Waals surface area contributed by atoms with Gasteiger partial charge < -0.3 is 10.1 Å². The van der Waals surface area contributed by atoms with E-state index in [9.17, 15) is 0 Å². The Morgan fingerprint density at radius 3 is 2.85 bits per heavy atom. The molecule has 0 spiro atoms. The third kappa shape index (κ3) is 2.84. The quantitative estimate of drug-likeness (QED) is 0.894. The van der Waals surface area contributed by atoms with Gasteiger partial charge in [0.2, 0.25) is 0 Å². The number of methoxy groups -OCH3 is 1. The number of benzene rings is 2. The number of thioether (sulfide) groups is 1. The Hall–Kier alpha value is -1.45. The summed E-state index contributed by atoms with van der Waals surface area (Å²) < 4.78 is 5.28. The number of fused-ring (bicyclic) bond motifs is 1. The lowest BCUT2D eigenvalue weighted by Crippen LogP contribution is -2.17. The van der Waals surface area contributed by atoms with E-state index < -0.39 is 0 Å². The molecule has 3 heteroatoms. The molecule has 0 bridgehead atoms. The van der Waals surface area contributed by atoms with Gasteiger partial charge in [0.25, 0.3) is 0 Å². The molecule has 0 aromatic heterocycles. The Labute approximate surface area is 124 Å². The Morgan fingerprint density at radius 2 is 1.95 bits per heavy atom. The fourth-order valence-corrected chi connectivity index (χ4v) is 3.75. The molecule has 0 radical (unpaired) electrons. The van der Waals surface area contributed by atoms with Gasteiger partial charge in [-0.05, 0) is 24.1 Å². The van der Waals surface area contributed by atoms with Crippen LogP contribution in [0.4, 0.5) is 5.69 Å². The fraction of sp³-hybridized carbons (Fsp3) is 0.294. The fourth-order valence-electron chi connectivity index (χ4n) is 2.62. The molecule has 0 amide bonds. The maximum atomic E-state index is 5.28. The van der Waals surface area contributed by atoms with Crippen molar-refractivity contribution in [1.82, 2.24) is 0 Å². The van der Waals surface area contributed by atoms with E-state index in [1.807, 2.05) is 11.8 Å². The second-order valence-corrected chi connectivity index (χ2v) is 6.10. The molecule has 0 aliphatic carbocycles. The molecule has 1 aliphatic rings. The molecule has 1 N–H and O–H groups in total. The van der Waals surface area contributed by atoms with Gasteiger partial charge in [0.05, 0.1) is 12.6 Å². The third-order valence-corrected chi connectivity index (χ3v) is 4.73. The van der Waals surface area contributed by atoms with Crippen molar-refractivity contribution in [2.75, 3.05) is 18.2 Å². The van der Waals surface area contributed by atoms with Gasteiger partial charge in [0.15, 0.2) is 0 Å². The average Bonchev–Trinajstić information content (AvgIpc) is 2.50. The van der Waals surface area contributed by atoms with E-state index in [0.29, 0.717) is 12.6 Å². The highest BCUT2D eigenvalue weighted by atomic mass is 32.2. The molecule has 0 saturated heterocycles. The summed E-state index contributed by atoms with van der Waals surface area (Å²) in [5.74, 6) is 1.17. The van der Waals surface area contributed by atoms with Gasteiger partial charge in [-0.25, -0.2) is 0 Å². The Morgan fingerprint density at radius 1 is 1.15 bits per heavy atom. The van der Waals surface area contributed by atoms with Crippen molar-refractivity contribution in [2.45, 2.75) is 24.0 Å². The van der Waals surface area contributed by atoms with E-state index in [2.05, 4.69) is 53.8 Å². The molecule has 3 rings (SSSR count). The lowest BCUT2D eigenvalue weighted by molar-refractivity contribution is 0.185. The molecule has 1 unspecified atom stereocenters. The molecule has 20 heavy (non-hydrogen) atoms. The normalized spacial score (nSPS) is 17.6. The summed E-state index contributed by atoms with van der Waals surface area (Å²) >= 11 is 1.95. The van der Waals surface area contributed by atoms with Crippen molar-refractivity contribution in [3.63, 3.8) is 0 Å². The van der Waals surface area contributed by atoms with Crippen molar-refractivity contribution in [1.29, 1.82) is 0 Å². The molecule has 0 saturated carbocycles. The van der Waals surface area contributed by atoms with E-state index in [4.69, 9.17) is 4.74 Å². The lowest BCUT2D eigenvalue weighted by Gasteiger charge is -2.27. The SMILES string of the molecule is COCc1ccccc1NC1CCSc2ccccc21. The summed E-state index contributed by atoms with van der Waals surface area (Å²) in [5.41, 5.74) is 3.81. The Kier molecular flexibility index (Phi) is 4.28. The molecular formula is C17H19NOS. The van der Waals surface area contributed by atoms with Gasteiger partial charge >= 0.3 is 0 Å². The second kappa shape index (κ2) is 6.33. The summed E-state index contributed by atoms with van der Waals surface area (Å²) in [7, 11) is 1.74. The smallest absolute Gasteiger partial charge is 0.0733 e. The highest BCUT2D eigenvalue weighted by molar-refractivity contribution is 7.99. The molecule has 2 aromatic carbocycles. The van der Waals surface area contributed by atoms with Crippen LogP contribution in [-0.2, 0) is 11.3 Å². The van der Waals surface area contributed by atoms with Crippen LogP contribution >= 0.6 is 11.8 Å². The number of hydrogen-bond acceptors (Lipinski definition) is 3. The van der Waals surface area contributed by atoms with E-state index in [0.717, 1.165) is 6.42 Å². The van der Waals surface area contributed by atoms with Gasteiger partial charge in [-0.15, -0.1) is 11.8 Å². The van der Waals surface area contributed by atoms with Crippen LogP contribution in [0.25, 0.3) is 0 Å². The van der Waals surface area contributed by atoms with Crippen LogP contribution in [0.3, 0.4) is 0 Å². The average molecular weight is 285 g/mol. The first-order valence-corrected chi connectivity index (χ1v) is 7.92. The van der Waals surface area contributed by atoms with Crippen molar-refractivity contribution >= 4 is 17.4 Å². The summed E-state index contributed by atoms with van der Waals surface area (Å²) in [5, 5.41) is 3.70. The zero-order valence-corrected chi connectivity index (χ0v) is 12.5. The summed E-state index contributed by atoms with van der Waals surface area (Å²) in [6.07, 6.45) is 1.16. The van der Waals surface area contributed by atoms with Crippen molar-refractivity contribution in [3.8, 4) is 0 Å². The number of para-hydroxylation sites is 1. The minimum Gasteiger partial charge on any atom is -0.380 e. The standard InChI is InChI=1S/C17H19NOS/c1-19-12-13-6-2-4-8-15(13)18-16-10-11-20-17-9-5-3-7-14(16)17/h2-9,16,18H,10-12H2,1H3. The van der Waals surface area contributed by atoms with Crippen LogP contribution in [0.1, 0.15) is 23.6 Å². The third-order valence-electron chi connectivity index (χ3n) is 3.61. The monoisotopic (exact) mass is 285 g/mol. The molecule has 2 aromatic rings. The van der Waals surface area contributed by atoms with Crippen molar-refractivity contribution < 1.29 is 4.74 Å². The topological polar surface area (TPSA) is 21.3 Å². The maximum Gasteiger partial charge on any atom is 0.0733 e. The largest absolute Gasteiger partial charge is 0.380 e. The van der Waals surface area contributed by atoms with E-state index in [1.165, 1.54) is 27.5 Å². The van der Waals surface area contributed by atoms with Crippen LogP contribution in [-0.4, -0.2) is 12.9 Å². The van der Waals surface area contributed by atoms with Crippen molar-refractivity contribution in [3.05, 3.63) is 59.7 Å². The Bertz CT molecular complexity index is 585. The summed E-state index contributed by atoms with van der Waals surface area (Å²) in [4.78, 5) is 1.40. The molecule has 1 heterocycles. The highest BCUT2D eigenvalue weighted by Crippen LogP contribution is 2.38. The van der Waals surface area contributed by atoms with Gasteiger partial charge in [-0.2, -0.15) is 0 Å². The van der Waals surface area contributed by atoms with Gasteiger partial charge in [0.1, 0.15) is 0 Å². The number of nitrogens with one attached hydrogen (secondary N) is 1. The zero-order valence-electron chi connectivity index (χ0n) is 11.6. The van der Waals surface area contributed by atoms with Crippen LogP contribution < -0.4 is 5.32 Å². The first-order chi connectivity index (χ1) is 9.88. The molecule has 2 nitrogen and oxygen atoms in total. The van der Waals surface area contributed by atoms with Crippen LogP contribution in [0.5, 0.6) is 0 Å². The van der Waals surface area contributed by atoms with E-state index >= 15 is 0 Å². The van der Waals surface area contributed by atoms with Gasteiger partial charge in [-0.1, -0.05) is 36.4 Å². The molecular weight excluding hydrogens is 266 g/mol. The molecule has 0 fully saturated rings. The molecule has 1 atom stereocenters. The lowest BCUT2D eigenvalue weighted by atomic mass is 10.0. The first kappa shape index (κ1) is 13.5. The second-order valence-electron chi connectivity index (χ2n) is 4.96. The molecule has 104 valence electrons. The van der Waals surface area contributed by atoms with Crippen LogP contribution in [0.2, 0.25) is 0 Å². The van der Waals surface area contributed by atoms with Crippen LogP contribution in [0, 0.1) is 0 Å². The highest BCUT2D eigenvalue weighted by Gasteiger charge is 2.20. The number of anilines is 1. The number of hydrogen-bond donors (Lipinski definition) is 1.